The van der Waals surface area contributed by atoms with Crippen LogP contribution in [0.15, 0.2) is 51.8 Å². The lowest BCUT2D eigenvalue weighted by molar-refractivity contribution is -0.142. The van der Waals surface area contributed by atoms with E-state index in [1.165, 1.54) is 7.11 Å². The molecule has 1 aliphatic rings. The van der Waals surface area contributed by atoms with E-state index in [1.54, 1.807) is 48.5 Å². The van der Waals surface area contributed by atoms with Crippen LogP contribution in [0, 0.1) is 0 Å². The average Bonchev–Trinajstić information content (AvgIpc) is 2.96. The van der Waals surface area contributed by atoms with Gasteiger partial charge in [-0.05, 0) is 47.7 Å². The molecule has 0 saturated carbocycles. The van der Waals surface area contributed by atoms with Crippen molar-refractivity contribution in [1.82, 2.24) is 4.90 Å². The summed E-state index contributed by atoms with van der Waals surface area (Å²) in [4.78, 5) is 37.9. The zero-order chi connectivity index (χ0) is 21.0. The fraction of sp³-hybridized carbons (Fsp3) is 0.150. The van der Waals surface area contributed by atoms with Crippen molar-refractivity contribution in [2.45, 2.75) is 6.54 Å². The van der Waals surface area contributed by atoms with Crippen molar-refractivity contribution in [2.24, 2.45) is 0 Å². The third-order valence-electron chi connectivity index (χ3n) is 3.99. The Morgan fingerprint density at radius 3 is 2.72 bits per heavy atom. The van der Waals surface area contributed by atoms with E-state index in [9.17, 15) is 14.4 Å². The monoisotopic (exact) mass is 495 g/mol. The number of imide groups is 1. The molecule has 2 amide bonds. The number of hydrogen-bond donors (Lipinski definition) is 0. The minimum atomic E-state index is -0.529. The smallest absolute Gasteiger partial charge is 0.343 e. The van der Waals surface area contributed by atoms with Crippen LogP contribution in [0.1, 0.15) is 11.1 Å². The zero-order valence-electron chi connectivity index (χ0n) is 15.2. The van der Waals surface area contributed by atoms with E-state index in [1.807, 2.05) is 0 Å². The number of carbonyl (C=O) groups is 3. The molecular formula is C20H15BrClNO5S. The van der Waals surface area contributed by atoms with Gasteiger partial charge in [0.25, 0.3) is 11.1 Å². The molecule has 1 aliphatic heterocycles. The highest BCUT2D eigenvalue weighted by Crippen LogP contribution is 2.36. The first-order valence-electron chi connectivity index (χ1n) is 8.37. The summed E-state index contributed by atoms with van der Waals surface area (Å²) in [5.74, 6) is -0.561. The molecule has 3 rings (SSSR count). The van der Waals surface area contributed by atoms with Crippen LogP contribution >= 0.6 is 39.3 Å². The minimum Gasteiger partial charge on any atom is -0.481 e. The summed E-state index contributed by atoms with van der Waals surface area (Å²) < 4.78 is 10.8. The number of thioether (sulfide) groups is 1. The highest BCUT2D eigenvalue weighted by Gasteiger charge is 2.35. The Hall–Kier alpha value is -2.29. The van der Waals surface area contributed by atoms with Gasteiger partial charge < -0.3 is 9.47 Å². The van der Waals surface area contributed by atoms with E-state index in [-0.39, 0.29) is 23.3 Å². The Balaban J connectivity index is 1.84. The summed E-state index contributed by atoms with van der Waals surface area (Å²) in [5, 5.41) is 0.106. The fourth-order valence-corrected chi connectivity index (χ4v) is 3.94. The number of halogens is 2. The van der Waals surface area contributed by atoms with Crippen LogP contribution in [0.4, 0.5) is 4.79 Å². The molecule has 2 aromatic rings. The van der Waals surface area contributed by atoms with Crippen LogP contribution in [0.3, 0.4) is 0 Å². The van der Waals surface area contributed by atoms with Crippen molar-refractivity contribution < 1.29 is 23.9 Å². The van der Waals surface area contributed by atoms with Gasteiger partial charge >= 0.3 is 5.97 Å². The lowest BCUT2D eigenvalue weighted by Crippen LogP contribution is -2.27. The number of amides is 2. The molecule has 0 atom stereocenters. The molecule has 1 heterocycles. The van der Waals surface area contributed by atoms with E-state index in [0.29, 0.717) is 21.9 Å². The second-order valence-corrected chi connectivity index (χ2v) is 8.22. The van der Waals surface area contributed by atoms with Crippen molar-refractivity contribution in [3.05, 3.63) is 68.0 Å². The Morgan fingerprint density at radius 2 is 2.00 bits per heavy atom. The number of hydrogen-bond acceptors (Lipinski definition) is 6. The van der Waals surface area contributed by atoms with Crippen LogP contribution in [0.25, 0.3) is 6.08 Å². The van der Waals surface area contributed by atoms with Gasteiger partial charge in [-0.25, -0.2) is 4.79 Å². The van der Waals surface area contributed by atoms with E-state index < -0.39 is 11.9 Å². The summed E-state index contributed by atoms with van der Waals surface area (Å²) in [7, 11) is 1.27. The molecule has 0 radical (unpaired) electrons. The summed E-state index contributed by atoms with van der Waals surface area (Å²) in [5.41, 5.74) is 1.23. The number of rotatable bonds is 6. The van der Waals surface area contributed by atoms with Gasteiger partial charge in [-0.3, -0.25) is 14.5 Å². The van der Waals surface area contributed by atoms with Gasteiger partial charge in [0.1, 0.15) is 5.75 Å². The zero-order valence-corrected chi connectivity index (χ0v) is 18.3. The molecule has 0 bridgehead atoms. The minimum absolute atomic E-state index is 0.0891. The number of ether oxygens (including phenoxy) is 2. The van der Waals surface area contributed by atoms with Gasteiger partial charge in [0.15, 0.2) is 6.61 Å². The van der Waals surface area contributed by atoms with E-state index in [0.717, 1.165) is 21.1 Å². The van der Waals surface area contributed by atoms with Crippen molar-refractivity contribution in [3.63, 3.8) is 0 Å². The molecule has 0 unspecified atom stereocenters. The number of benzene rings is 2. The second kappa shape index (κ2) is 9.47. The topological polar surface area (TPSA) is 72.9 Å². The predicted molar refractivity (Wildman–Crippen MR) is 115 cm³/mol. The van der Waals surface area contributed by atoms with Gasteiger partial charge in [-0.15, -0.1) is 0 Å². The highest BCUT2D eigenvalue weighted by atomic mass is 79.9. The molecule has 150 valence electrons. The third kappa shape index (κ3) is 5.20. The molecule has 1 fully saturated rings. The number of methoxy groups -OCH3 is 1. The molecule has 0 aliphatic carbocycles. The average molecular weight is 497 g/mol. The third-order valence-corrected chi connectivity index (χ3v) is 5.76. The quantitative estimate of drug-likeness (QED) is 0.419. The van der Waals surface area contributed by atoms with Crippen molar-refractivity contribution >= 4 is 62.5 Å². The van der Waals surface area contributed by atoms with Gasteiger partial charge in [-0.1, -0.05) is 45.7 Å². The van der Waals surface area contributed by atoms with Crippen molar-refractivity contribution in [2.75, 3.05) is 13.7 Å². The van der Waals surface area contributed by atoms with Gasteiger partial charge in [-0.2, -0.15) is 0 Å². The normalized spacial score (nSPS) is 15.1. The fourth-order valence-electron chi connectivity index (χ4n) is 2.53. The van der Waals surface area contributed by atoms with E-state index >= 15 is 0 Å². The summed E-state index contributed by atoms with van der Waals surface area (Å²) in [6.07, 6.45) is 1.56. The molecule has 0 spiro atoms. The first-order valence-corrected chi connectivity index (χ1v) is 10.4. The first-order chi connectivity index (χ1) is 13.9. The Morgan fingerprint density at radius 1 is 1.24 bits per heavy atom. The number of esters is 1. The molecule has 2 aromatic carbocycles. The van der Waals surface area contributed by atoms with Gasteiger partial charge in [0, 0.05) is 15.1 Å². The maximum Gasteiger partial charge on any atom is 0.343 e. The SMILES string of the molecule is COC(=O)COc1ccc(Br)cc1/C=C1\SC(=O)N(Cc2ccccc2Cl)C1=O. The lowest BCUT2D eigenvalue weighted by Gasteiger charge is -2.13. The summed E-state index contributed by atoms with van der Waals surface area (Å²) in [6, 6.07) is 12.2. The van der Waals surface area contributed by atoms with Gasteiger partial charge in [0.05, 0.1) is 18.6 Å². The maximum absolute atomic E-state index is 12.8. The van der Waals surface area contributed by atoms with Crippen LogP contribution in [0.2, 0.25) is 5.02 Å². The van der Waals surface area contributed by atoms with Crippen LogP contribution in [-0.2, 0) is 20.9 Å². The summed E-state index contributed by atoms with van der Waals surface area (Å²) in [6.45, 7) is -0.182. The molecule has 1 saturated heterocycles. The molecule has 6 nitrogen and oxygen atoms in total. The molecular weight excluding hydrogens is 482 g/mol. The Labute approximate surface area is 184 Å². The number of carbonyl (C=O) groups excluding carboxylic acids is 3. The van der Waals surface area contributed by atoms with Gasteiger partial charge in [0.2, 0.25) is 0 Å². The van der Waals surface area contributed by atoms with E-state index in [2.05, 4.69) is 20.7 Å². The Bertz CT molecular complexity index is 1010. The first kappa shape index (κ1) is 21.4. The van der Waals surface area contributed by atoms with Crippen molar-refractivity contribution in [3.8, 4) is 5.75 Å². The largest absolute Gasteiger partial charge is 0.481 e. The molecule has 0 N–H and O–H groups in total. The van der Waals surface area contributed by atoms with Crippen LogP contribution < -0.4 is 4.74 Å². The number of nitrogens with zero attached hydrogens (tertiary/aromatic N) is 1. The molecule has 9 heteroatoms. The van der Waals surface area contributed by atoms with Crippen LogP contribution in [-0.4, -0.2) is 35.7 Å². The standard InChI is InChI=1S/C20H15BrClNO5S/c1-27-18(24)11-28-16-7-6-14(21)8-13(16)9-17-19(25)23(20(26)29-17)10-12-4-2-3-5-15(12)22/h2-9H,10-11H2,1H3/b17-9-. The molecule has 29 heavy (non-hydrogen) atoms. The lowest BCUT2D eigenvalue weighted by atomic mass is 10.1. The maximum atomic E-state index is 12.8. The Kier molecular flexibility index (Phi) is 7.00. The van der Waals surface area contributed by atoms with E-state index in [4.69, 9.17) is 16.3 Å². The summed E-state index contributed by atoms with van der Waals surface area (Å²) >= 11 is 10.4. The highest BCUT2D eigenvalue weighted by molar-refractivity contribution is 9.10. The van der Waals surface area contributed by atoms with Crippen molar-refractivity contribution in [1.29, 1.82) is 0 Å². The molecule has 0 aromatic heterocycles. The predicted octanol–water partition coefficient (Wildman–Crippen LogP) is 4.89. The second-order valence-electron chi connectivity index (χ2n) is 5.91. The van der Waals surface area contributed by atoms with Crippen LogP contribution in [0.5, 0.6) is 5.75 Å².